The lowest BCUT2D eigenvalue weighted by Gasteiger charge is -2.54. The van der Waals surface area contributed by atoms with Crippen molar-refractivity contribution in [1.82, 2.24) is 4.90 Å². The molecule has 30 heavy (non-hydrogen) atoms. The quantitative estimate of drug-likeness (QED) is 0.163. The molecule has 0 spiro atoms. The van der Waals surface area contributed by atoms with Crippen LogP contribution in [0.5, 0.6) is 0 Å². The summed E-state index contributed by atoms with van der Waals surface area (Å²) in [7, 11) is 0. The van der Waals surface area contributed by atoms with E-state index in [1.807, 2.05) is 0 Å². The van der Waals surface area contributed by atoms with Gasteiger partial charge in [0.15, 0.2) is 5.66 Å². The highest BCUT2D eigenvalue weighted by Crippen LogP contribution is 2.33. The normalized spacial score (nSPS) is 44.6. The van der Waals surface area contributed by atoms with Crippen LogP contribution >= 0.6 is 0 Å². The molecule has 2 aliphatic rings. The van der Waals surface area contributed by atoms with Gasteiger partial charge >= 0.3 is 5.97 Å². The summed E-state index contributed by atoms with van der Waals surface area (Å²) < 4.78 is 10.8. The molecule has 13 N–H and O–H groups in total. The third kappa shape index (κ3) is 4.17. The lowest BCUT2D eigenvalue weighted by atomic mass is 9.92. The van der Waals surface area contributed by atoms with E-state index in [9.17, 15) is 50.8 Å². The number of rotatable bonds is 7. The molecule has 15 nitrogen and oxygen atoms in total. The number of hydrogen-bond donors (Lipinski definition) is 11. The number of nitrogens with zero attached hydrogens (tertiary/aromatic N) is 1. The first-order valence-corrected chi connectivity index (χ1v) is 9.06. The molecule has 2 aliphatic heterocycles. The van der Waals surface area contributed by atoms with Gasteiger partial charge in [-0.25, -0.2) is 9.69 Å². The van der Waals surface area contributed by atoms with Crippen LogP contribution in [0, 0.1) is 0 Å². The monoisotopic (exact) mass is 443 g/mol. The molecule has 176 valence electrons. The first kappa shape index (κ1) is 25.2. The summed E-state index contributed by atoms with van der Waals surface area (Å²) in [5, 5.41) is 88.9. The van der Waals surface area contributed by atoms with Gasteiger partial charge in [0.05, 0.1) is 25.9 Å². The van der Waals surface area contributed by atoms with Gasteiger partial charge < -0.3 is 66.9 Å². The fourth-order valence-corrected chi connectivity index (χ4v) is 3.54. The fraction of sp³-hybridized carbons (Fsp3) is 0.933. The molecule has 2 rings (SSSR count). The average molecular weight is 443 g/mol. The lowest BCUT2D eigenvalue weighted by Crippen LogP contribution is -2.79. The number of carbonyl (C=O) groups is 1. The predicted octanol–water partition coefficient (Wildman–Crippen LogP) is -7.41. The number of aliphatic hydroxyl groups excluding tert-OH is 8. The van der Waals surface area contributed by atoms with Crippen LogP contribution in [0.1, 0.15) is 0 Å². The van der Waals surface area contributed by atoms with E-state index in [1.165, 1.54) is 0 Å². The Balaban J connectivity index is 2.57. The molecule has 0 aromatic rings. The summed E-state index contributed by atoms with van der Waals surface area (Å²) in [6.07, 6.45) is -15.8. The van der Waals surface area contributed by atoms with Crippen molar-refractivity contribution in [2.75, 3.05) is 19.8 Å². The molecule has 0 bridgehead atoms. The van der Waals surface area contributed by atoms with E-state index >= 15 is 0 Å². The van der Waals surface area contributed by atoms with E-state index in [0.717, 1.165) is 0 Å². The maximum Gasteiger partial charge on any atom is 0.341 e. The summed E-state index contributed by atoms with van der Waals surface area (Å²) in [5.41, 5.74) is 8.94. The Labute approximate surface area is 170 Å². The summed E-state index contributed by atoms with van der Waals surface area (Å²) in [6, 6.07) is -1.59. The first-order chi connectivity index (χ1) is 14.0. The van der Waals surface area contributed by atoms with Gasteiger partial charge in [0.1, 0.15) is 55.2 Å². The van der Waals surface area contributed by atoms with Gasteiger partial charge in [0.25, 0.3) is 0 Å². The zero-order chi connectivity index (χ0) is 23.0. The van der Waals surface area contributed by atoms with Crippen molar-refractivity contribution < 1.29 is 60.2 Å². The van der Waals surface area contributed by atoms with Crippen LogP contribution in [0.25, 0.3) is 0 Å². The molecule has 2 saturated heterocycles. The van der Waals surface area contributed by atoms with Gasteiger partial charge in [-0.15, -0.1) is 0 Å². The Kier molecular flexibility index (Phi) is 8.08. The molecule has 0 aromatic carbocycles. The number of nitrogens with two attached hydrogens (primary N) is 2. The van der Waals surface area contributed by atoms with Crippen molar-refractivity contribution in [1.29, 1.82) is 0 Å². The molecular formula is C15H29N3O12. The Morgan fingerprint density at radius 2 is 1.30 bits per heavy atom. The topological polar surface area (TPSA) is 273 Å². The van der Waals surface area contributed by atoms with Crippen LogP contribution < -0.4 is 11.5 Å². The number of hydrogen-bond acceptors (Lipinski definition) is 14. The standard InChI is InChI=1S/C15H29N3O12/c16-6-9(24)7(22)4(1-19)29-12(6)18(15(17,3-21)14(27)28)13-11(26)10(25)8(23)5(2-20)30-13/h4-13,19-26H,1-3,16-17H2,(H,27,28)/t4-,5-,6-,7-,8-,9-,10+,11-,12?,13?,15+/m1/s1. The maximum absolute atomic E-state index is 11.9. The van der Waals surface area contributed by atoms with Gasteiger partial charge in [-0.1, -0.05) is 0 Å². The Hall–Kier alpha value is -1.05. The van der Waals surface area contributed by atoms with Crippen molar-refractivity contribution in [3.05, 3.63) is 0 Å². The smallest absolute Gasteiger partial charge is 0.341 e. The van der Waals surface area contributed by atoms with Crippen LogP contribution in [-0.2, 0) is 14.3 Å². The van der Waals surface area contributed by atoms with E-state index in [2.05, 4.69) is 0 Å². The minimum absolute atomic E-state index is 0.514. The molecule has 0 aromatic heterocycles. The highest BCUT2D eigenvalue weighted by atomic mass is 16.6. The molecule has 2 unspecified atom stereocenters. The molecule has 0 aliphatic carbocycles. The molecular weight excluding hydrogens is 414 g/mol. The molecule has 2 heterocycles. The highest BCUT2D eigenvalue weighted by Gasteiger charge is 2.58. The van der Waals surface area contributed by atoms with Crippen molar-refractivity contribution >= 4 is 5.97 Å². The predicted molar refractivity (Wildman–Crippen MR) is 93.0 cm³/mol. The Morgan fingerprint density at radius 1 is 0.833 bits per heavy atom. The zero-order valence-corrected chi connectivity index (χ0v) is 15.7. The van der Waals surface area contributed by atoms with Gasteiger partial charge in [-0.2, -0.15) is 0 Å². The second kappa shape index (κ2) is 9.61. The third-order valence-corrected chi connectivity index (χ3v) is 5.44. The van der Waals surface area contributed by atoms with E-state index in [1.54, 1.807) is 0 Å². The second-order valence-corrected chi connectivity index (χ2v) is 7.32. The molecule has 11 atom stereocenters. The van der Waals surface area contributed by atoms with E-state index in [4.69, 9.17) is 20.9 Å². The van der Waals surface area contributed by atoms with E-state index in [-0.39, 0.29) is 0 Å². The van der Waals surface area contributed by atoms with Crippen LogP contribution in [0.4, 0.5) is 0 Å². The number of carboxylic acid groups (broad SMARTS) is 1. The van der Waals surface area contributed by atoms with Gasteiger partial charge in [-0.3, -0.25) is 0 Å². The van der Waals surface area contributed by atoms with Crippen LogP contribution in [0.15, 0.2) is 0 Å². The Bertz CT molecular complexity index is 561. The number of ether oxygens (including phenoxy) is 2. The largest absolute Gasteiger partial charge is 0.479 e. The van der Waals surface area contributed by atoms with Gasteiger partial charge in [0.2, 0.25) is 0 Å². The lowest BCUT2D eigenvalue weighted by molar-refractivity contribution is -0.326. The van der Waals surface area contributed by atoms with Crippen molar-refractivity contribution in [3.63, 3.8) is 0 Å². The van der Waals surface area contributed by atoms with Crippen LogP contribution in [0.2, 0.25) is 0 Å². The summed E-state index contributed by atoms with van der Waals surface area (Å²) in [5.74, 6) is -1.85. The zero-order valence-electron chi connectivity index (χ0n) is 15.7. The summed E-state index contributed by atoms with van der Waals surface area (Å²) >= 11 is 0. The van der Waals surface area contributed by atoms with Crippen molar-refractivity contribution in [2.45, 2.75) is 66.9 Å². The Morgan fingerprint density at radius 3 is 1.73 bits per heavy atom. The van der Waals surface area contributed by atoms with E-state index in [0.29, 0.717) is 4.90 Å². The molecule has 0 radical (unpaired) electrons. The minimum Gasteiger partial charge on any atom is -0.479 e. The first-order valence-electron chi connectivity index (χ1n) is 9.06. The summed E-state index contributed by atoms with van der Waals surface area (Å²) in [6.45, 7) is -2.97. The third-order valence-electron chi connectivity index (χ3n) is 5.44. The molecule has 0 saturated carbocycles. The molecule has 0 amide bonds. The number of carboxylic acids is 1. The van der Waals surface area contributed by atoms with E-state index < -0.39 is 92.7 Å². The van der Waals surface area contributed by atoms with Crippen molar-refractivity contribution in [3.8, 4) is 0 Å². The average Bonchev–Trinajstić information content (AvgIpc) is 2.73. The SMILES string of the molecule is N[C@H]1C(N(C2O[C@H](CO)[C@@H](O)[C@H](O)[C@H]2O)[C@@](N)(CO)C(=O)O)O[C@H](CO)[C@@H](O)[C@@H]1O. The molecule has 2 fully saturated rings. The van der Waals surface area contributed by atoms with Gasteiger partial charge in [0, 0.05) is 0 Å². The fourth-order valence-electron chi connectivity index (χ4n) is 3.54. The minimum atomic E-state index is -2.78. The molecule has 15 heteroatoms. The number of aliphatic carboxylic acids is 1. The second-order valence-electron chi connectivity index (χ2n) is 7.32. The van der Waals surface area contributed by atoms with Crippen molar-refractivity contribution in [2.24, 2.45) is 11.5 Å². The maximum atomic E-state index is 11.9. The van der Waals surface area contributed by atoms with Gasteiger partial charge in [-0.05, 0) is 0 Å². The van der Waals surface area contributed by atoms with Crippen LogP contribution in [-0.4, -0.2) is 144 Å². The number of aliphatic hydroxyl groups is 8. The van der Waals surface area contributed by atoms with Crippen LogP contribution in [0.3, 0.4) is 0 Å². The highest BCUT2D eigenvalue weighted by molar-refractivity contribution is 5.78. The summed E-state index contributed by atoms with van der Waals surface area (Å²) in [4.78, 5) is 12.4.